The molecule has 1 aromatic rings. The Bertz CT molecular complexity index is 518. The number of hydrogen-bond acceptors (Lipinski definition) is 2. The van der Waals surface area contributed by atoms with E-state index in [1.165, 1.54) is 0 Å². The van der Waals surface area contributed by atoms with Crippen molar-refractivity contribution in [3.8, 4) is 24.5 Å². The first-order valence-electron chi connectivity index (χ1n) is 5.76. The Morgan fingerprint density at radius 3 is 1.89 bits per heavy atom. The largest absolute Gasteiger partial charge is 0.197 e. The van der Waals surface area contributed by atoms with Gasteiger partial charge in [0.15, 0.2) is 5.92 Å². The highest BCUT2D eigenvalue weighted by Gasteiger charge is 2.49. The van der Waals surface area contributed by atoms with Crippen molar-refractivity contribution >= 4 is 0 Å². The lowest BCUT2D eigenvalue weighted by molar-refractivity contribution is 0.221. The molecule has 1 atom stereocenters. The number of terminal acetylenes is 1. The van der Waals surface area contributed by atoms with Crippen LogP contribution < -0.4 is 0 Å². The summed E-state index contributed by atoms with van der Waals surface area (Å²) in [6.07, 6.45) is 5.73. The monoisotopic (exact) mass is 236 g/mol. The molecule has 1 unspecified atom stereocenters. The molecule has 0 aliphatic rings. The van der Waals surface area contributed by atoms with Crippen LogP contribution in [0.1, 0.15) is 26.3 Å². The van der Waals surface area contributed by atoms with Gasteiger partial charge in [-0.1, -0.05) is 57.0 Å². The summed E-state index contributed by atoms with van der Waals surface area (Å²) < 4.78 is 0. The summed E-state index contributed by atoms with van der Waals surface area (Å²) in [7, 11) is 0. The molecule has 1 rings (SSSR count). The summed E-state index contributed by atoms with van der Waals surface area (Å²) in [4.78, 5) is 0. The van der Waals surface area contributed by atoms with Crippen LogP contribution in [0.15, 0.2) is 30.3 Å². The molecule has 2 nitrogen and oxygen atoms in total. The Hall–Kier alpha value is -2.24. The molecule has 18 heavy (non-hydrogen) atoms. The summed E-state index contributed by atoms with van der Waals surface area (Å²) in [6, 6.07) is 13.5. The van der Waals surface area contributed by atoms with Crippen molar-refractivity contribution in [3.05, 3.63) is 35.9 Å². The number of rotatable bonds is 2. The van der Waals surface area contributed by atoms with E-state index in [2.05, 4.69) is 5.92 Å². The fourth-order valence-electron chi connectivity index (χ4n) is 2.34. The quantitative estimate of drug-likeness (QED) is 0.740. The molecule has 0 saturated carbocycles. The molecule has 2 heteroatoms. The summed E-state index contributed by atoms with van der Waals surface area (Å²) in [5.41, 5.74) is -0.454. The van der Waals surface area contributed by atoms with Gasteiger partial charge in [0.05, 0.1) is 17.6 Å². The van der Waals surface area contributed by atoms with E-state index in [1.54, 1.807) is 0 Å². The smallest absolute Gasteiger partial charge is 0.154 e. The molecule has 1 aromatic carbocycles. The molecule has 90 valence electrons. The van der Waals surface area contributed by atoms with Crippen LogP contribution in [0.2, 0.25) is 0 Å². The minimum Gasteiger partial charge on any atom is -0.197 e. The van der Waals surface area contributed by atoms with E-state index < -0.39 is 11.3 Å². The van der Waals surface area contributed by atoms with E-state index in [1.807, 2.05) is 63.2 Å². The summed E-state index contributed by atoms with van der Waals surface area (Å²) >= 11 is 0. The van der Waals surface area contributed by atoms with Crippen LogP contribution >= 0.6 is 0 Å². The average molecular weight is 236 g/mol. The minimum absolute atomic E-state index is 0.390. The second-order valence-corrected chi connectivity index (χ2v) is 5.26. The molecule has 0 aliphatic carbocycles. The van der Waals surface area contributed by atoms with Gasteiger partial charge in [0.1, 0.15) is 0 Å². The Balaban J connectivity index is 3.61. The first kappa shape index (κ1) is 13.8. The van der Waals surface area contributed by atoms with Crippen LogP contribution in [-0.4, -0.2) is 0 Å². The van der Waals surface area contributed by atoms with Crippen molar-refractivity contribution in [3.63, 3.8) is 0 Å². The molecule has 0 heterocycles. The maximum Gasteiger partial charge on any atom is 0.154 e. The van der Waals surface area contributed by atoms with Crippen LogP contribution in [0.25, 0.3) is 0 Å². The number of nitriles is 2. The van der Waals surface area contributed by atoms with Crippen molar-refractivity contribution in [2.75, 3.05) is 0 Å². The molecule has 0 N–H and O–H groups in total. The van der Waals surface area contributed by atoms with Crippen LogP contribution in [0.3, 0.4) is 0 Å². The van der Waals surface area contributed by atoms with Gasteiger partial charge >= 0.3 is 0 Å². The third-order valence-corrected chi connectivity index (χ3v) is 3.33. The van der Waals surface area contributed by atoms with E-state index in [4.69, 9.17) is 6.42 Å². The highest BCUT2D eigenvalue weighted by molar-refractivity contribution is 5.42. The normalized spacial score (nSPS) is 14.1. The van der Waals surface area contributed by atoms with Crippen molar-refractivity contribution in [2.45, 2.75) is 26.2 Å². The van der Waals surface area contributed by atoms with E-state index in [9.17, 15) is 10.5 Å². The van der Waals surface area contributed by atoms with Crippen LogP contribution in [-0.2, 0) is 5.41 Å². The second-order valence-electron chi connectivity index (χ2n) is 5.26. The van der Waals surface area contributed by atoms with E-state index in [-0.39, 0.29) is 5.41 Å². The summed E-state index contributed by atoms with van der Waals surface area (Å²) in [5, 5.41) is 18.5. The molecule has 0 fully saturated rings. The maximum absolute atomic E-state index is 9.25. The van der Waals surface area contributed by atoms with Crippen LogP contribution in [0, 0.1) is 46.3 Å². The van der Waals surface area contributed by atoms with E-state index >= 15 is 0 Å². The first-order valence-corrected chi connectivity index (χ1v) is 5.76. The Morgan fingerprint density at radius 2 is 1.56 bits per heavy atom. The van der Waals surface area contributed by atoms with Gasteiger partial charge in [0.25, 0.3) is 0 Å². The molecular weight excluding hydrogens is 220 g/mol. The Labute approximate surface area is 109 Å². The minimum atomic E-state index is -0.905. The molecule has 0 aromatic heterocycles. The van der Waals surface area contributed by atoms with Crippen LogP contribution in [0.4, 0.5) is 0 Å². The standard InChI is InChI=1S/C16H16N2/c1-5-16(15(2,3)4,14(11-17)12-18)13-9-7-6-8-10-13/h1,6-10,14H,2-4H3. The fraction of sp³-hybridized carbons (Fsp3) is 0.375. The molecule has 0 bridgehead atoms. The van der Waals surface area contributed by atoms with E-state index in [0.717, 1.165) is 5.56 Å². The molecular formula is C16H16N2. The fourth-order valence-corrected chi connectivity index (χ4v) is 2.34. The van der Waals surface area contributed by atoms with Gasteiger partial charge in [0.2, 0.25) is 0 Å². The molecule has 0 saturated heterocycles. The summed E-state index contributed by atoms with van der Waals surface area (Å²) in [5.74, 6) is 1.86. The third kappa shape index (κ3) is 1.97. The lowest BCUT2D eigenvalue weighted by atomic mass is 9.57. The van der Waals surface area contributed by atoms with Crippen molar-refractivity contribution < 1.29 is 0 Å². The lowest BCUT2D eigenvalue weighted by Crippen LogP contribution is -2.44. The SMILES string of the molecule is C#CC(c1ccccc1)(C(C#N)C#N)C(C)(C)C. The number of nitrogens with zero attached hydrogens (tertiary/aromatic N) is 2. The van der Waals surface area contributed by atoms with Gasteiger partial charge in [-0.25, -0.2) is 0 Å². The van der Waals surface area contributed by atoms with Gasteiger partial charge in [-0.05, 0) is 11.0 Å². The van der Waals surface area contributed by atoms with Gasteiger partial charge < -0.3 is 0 Å². The van der Waals surface area contributed by atoms with Gasteiger partial charge in [-0.15, -0.1) is 6.42 Å². The van der Waals surface area contributed by atoms with Gasteiger partial charge in [0, 0.05) is 0 Å². The molecule has 0 radical (unpaired) electrons. The molecule has 0 amide bonds. The number of benzene rings is 1. The zero-order valence-electron chi connectivity index (χ0n) is 10.9. The number of hydrogen-bond donors (Lipinski definition) is 0. The third-order valence-electron chi connectivity index (χ3n) is 3.33. The van der Waals surface area contributed by atoms with Gasteiger partial charge in [-0.2, -0.15) is 10.5 Å². The first-order chi connectivity index (χ1) is 8.44. The van der Waals surface area contributed by atoms with Crippen molar-refractivity contribution in [1.82, 2.24) is 0 Å². The second kappa shape index (κ2) is 4.95. The molecule has 0 spiro atoms. The van der Waals surface area contributed by atoms with Gasteiger partial charge in [-0.3, -0.25) is 0 Å². The topological polar surface area (TPSA) is 47.6 Å². The Morgan fingerprint density at radius 1 is 1.06 bits per heavy atom. The zero-order chi connectivity index (χ0) is 13.8. The predicted molar refractivity (Wildman–Crippen MR) is 71.1 cm³/mol. The lowest BCUT2D eigenvalue weighted by Gasteiger charge is -2.42. The molecule has 0 aliphatic heterocycles. The Kier molecular flexibility index (Phi) is 3.80. The van der Waals surface area contributed by atoms with Crippen LogP contribution in [0.5, 0.6) is 0 Å². The predicted octanol–water partition coefficient (Wildman–Crippen LogP) is 3.27. The summed E-state index contributed by atoms with van der Waals surface area (Å²) in [6.45, 7) is 5.88. The highest BCUT2D eigenvalue weighted by atomic mass is 14.5. The van der Waals surface area contributed by atoms with Crippen molar-refractivity contribution in [2.24, 2.45) is 11.3 Å². The zero-order valence-corrected chi connectivity index (χ0v) is 10.9. The van der Waals surface area contributed by atoms with Crippen molar-refractivity contribution in [1.29, 1.82) is 10.5 Å². The maximum atomic E-state index is 9.25. The highest BCUT2D eigenvalue weighted by Crippen LogP contribution is 2.46. The van der Waals surface area contributed by atoms with E-state index in [0.29, 0.717) is 0 Å². The average Bonchev–Trinajstić information content (AvgIpc) is 2.35.